The summed E-state index contributed by atoms with van der Waals surface area (Å²) in [6, 6.07) is 1.45. The summed E-state index contributed by atoms with van der Waals surface area (Å²) < 4.78 is 5.19. The summed E-state index contributed by atoms with van der Waals surface area (Å²) >= 11 is 0. The Kier molecular flexibility index (Phi) is 7.48. The third kappa shape index (κ3) is 5.22. The second-order valence-corrected chi connectivity index (χ2v) is 7.42. The van der Waals surface area contributed by atoms with E-state index in [4.69, 9.17) is 4.74 Å². The molecule has 3 nitrogen and oxygen atoms in total. The smallest absolute Gasteiger partial charge is 0.0462 e. The van der Waals surface area contributed by atoms with E-state index in [0.717, 1.165) is 24.5 Å². The summed E-state index contributed by atoms with van der Waals surface area (Å²) in [6.07, 6.45) is 9.71. The van der Waals surface area contributed by atoms with Crippen molar-refractivity contribution in [3.05, 3.63) is 0 Å². The van der Waals surface area contributed by atoms with Crippen molar-refractivity contribution in [2.45, 2.75) is 70.9 Å². The first kappa shape index (κ1) is 17.2. The van der Waals surface area contributed by atoms with Crippen LogP contribution in [-0.4, -0.2) is 50.3 Å². The Labute approximate surface area is 131 Å². The fourth-order valence-corrected chi connectivity index (χ4v) is 4.18. The van der Waals surface area contributed by atoms with E-state index in [0.29, 0.717) is 6.04 Å². The van der Waals surface area contributed by atoms with Gasteiger partial charge in [-0.1, -0.05) is 33.1 Å². The van der Waals surface area contributed by atoms with Gasteiger partial charge in [-0.2, -0.15) is 0 Å². The van der Waals surface area contributed by atoms with Crippen LogP contribution in [0.3, 0.4) is 0 Å². The van der Waals surface area contributed by atoms with Crippen molar-refractivity contribution in [1.82, 2.24) is 10.2 Å². The summed E-state index contributed by atoms with van der Waals surface area (Å²) in [6.45, 7) is 9.34. The van der Waals surface area contributed by atoms with Gasteiger partial charge in [-0.3, -0.25) is 4.90 Å². The van der Waals surface area contributed by atoms with Gasteiger partial charge in [0.1, 0.15) is 0 Å². The van der Waals surface area contributed by atoms with Crippen molar-refractivity contribution in [2.75, 3.05) is 33.4 Å². The predicted molar refractivity (Wildman–Crippen MR) is 89.7 cm³/mol. The van der Waals surface area contributed by atoms with E-state index < -0.39 is 0 Å². The normalized spacial score (nSPS) is 29.1. The zero-order valence-corrected chi connectivity index (χ0v) is 14.4. The molecular formula is C18H36N2O. The molecule has 21 heavy (non-hydrogen) atoms. The van der Waals surface area contributed by atoms with Crippen LogP contribution in [0.5, 0.6) is 0 Å². The minimum absolute atomic E-state index is 0.715. The van der Waals surface area contributed by atoms with Gasteiger partial charge >= 0.3 is 0 Å². The lowest BCUT2D eigenvalue weighted by molar-refractivity contribution is 0.0685. The largest absolute Gasteiger partial charge is 0.385 e. The lowest BCUT2D eigenvalue weighted by Gasteiger charge is -2.45. The SMILES string of the molecule is COCCCCN1CC(C2CCCCC2)NCC1C(C)C. The minimum atomic E-state index is 0.715. The highest BCUT2D eigenvalue weighted by Gasteiger charge is 2.33. The molecule has 2 fully saturated rings. The highest BCUT2D eigenvalue weighted by molar-refractivity contribution is 4.91. The van der Waals surface area contributed by atoms with Gasteiger partial charge in [0.15, 0.2) is 0 Å². The maximum absolute atomic E-state index is 5.19. The number of nitrogens with zero attached hydrogens (tertiary/aromatic N) is 1. The third-order valence-corrected chi connectivity index (χ3v) is 5.52. The molecule has 2 atom stereocenters. The van der Waals surface area contributed by atoms with Crippen molar-refractivity contribution in [3.63, 3.8) is 0 Å². The third-order valence-electron chi connectivity index (χ3n) is 5.52. The Balaban J connectivity index is 1.84. The van der Waals surface area contributed by atoms with Crippen LogP contribution in [0.2, 0.25) is 0 Å². The number of piperazine rings is 1. The summed E-state index contributed by atoms with van der Waals surface area (Å²) in [5.41, 5.74) is 0. The molecule has 0 spiro atoms. The number of hydrogen-bond donors (Lipinski definition) is 1. The molecule has 0 radical (unpaired) electrons. The zero-order valence-electron chi connectivity index (χ0n) is 14.4. The molecule has 2 rings (SSSR count). The zero-order chi connectivity index (χ0) is 15.1. The predicted octanol–water partition coefficient (Wildman–Crippen LogP) is 3.29. The molecule has 0 aromatic heterocycles. The molecule has 2 unspecified atom stereocenters. The molecule has 3 heteroatoms. The van der Waals surface area contributed by atoms with Gasteiger partial charge in [-0.15, -0.1) is 0 Å². The molecule has 0 amide bonds. The van der Waals surface area contributed by atoms with Crippen LogP contribution in [0.4, 0.5) is 0 Å². The molecule has 1 aliphatic heterocycles. The fraction of sp³-hybridized carbons (Fsp3) is 1.00. The first-order chi connectivity index (χ1) is 10.2. The monoisotopic (exact) mass is 296 g/mol. The molecule has 124 valence electrons. The molecule has 1 heterocycles. The number of methoxy groups -OCH3 is 1. The van der Waals surface area contributed by atoms with Crippen LogP contribution < -0.4 is 5.32 Å². The summed E-state index contributed by atoms with van der Waals surface area (Å²) in [4.78, 5) is 2.77. The van der Waals surface area contributed by atoms with Gasteiger partial charge in [-0.25, -0.2) is 0 Å². The van der Waals surface area contributed by atoms with Gasteiger partial charge in [0, 0.05) is 38.9 Å². The number of rotatable bonds is 7. The van der Waals surface area contributed by atoms with Crippen LogP contribution in [0, 0.1) is 11.8 Å². The van der Waals surface area contributed by atoms with Gasteiger partial charge in [0.05, 0.1) is 0 Å². The maximum Gasteiger partial charge on any atom is 0.0462 e. The van der Waals surface area contributed by atoms with E-state index in [2.05, 4.69) is 24.1 Å². The van der Waals surface area contributed by atoms with Crippen LogP contribution in [-0.2, 0) is 4.74 Å². The highest BCUT2D eigenvalue weighted by atomic mass is 16.5. The van der Waals surface area contributed by atoms with E-state index >= 15 is 0 Å². The number of ether oxygens (including phenoxy) is 1. The van der Waals surface area contributed by atoms with E-state index in [1.807, 2.05) is 0 Å². The molecule has 1 saturated heterocycles. The topological polar surface area (TPSA) is 24.5 Å². The summed E-state index contributed by atoms with van der Waals surface area (Å²) in [5, 5.41) is 3.89. The van der Waals surface area contributed by atoms with E-state index in [-0.39, 0.29) is 0 Å². The second kappa shape index (κ2) is 9.12. The Morgan fingerprint density at radius 1 is 1.14 bits per heavy atom. The second-order valence-electron chi connectivity index (χ2n) is 7.42. The van der Waals surface area contributed by atoms with Gasteiger partial charge in [0.25, 0.3) is 0 Å². The molecule has 0 bridgehead atoms. The molecule has 1 saturated carbocycles. The molecule has 1 N–H and O–H groups in total. The Morgan fingerprint density at radius 2 is 1.90 bits per heavy atom. The minimum Gasteiger partial charge on any atom is -0.385 e. The average Bonchev–Trinajstić information content (AvgIpc) is 2.52. The average molecular weight is 296 g/mol. The number of nitrogens with one attached hydrogen (secondary N) is 1. The molecule has 2 aliphatic rings. The standard InChI is InChI=1S/C18H36N2O/c1-15(2)18-13-19-17(16-9-5-4-6-10-16)14-20(18)11-7-8-12-21-3/h15-19H,4-14H2,1-3H3. The lowest BCUT2D eigenvalue weighted by Crippen LogP contribution is -2.60. The van der Waals surface area contributed by atoms with Crippen molar-refractivity contribution >= 4 is 0 Å². The van der Waals surface area contributed by atoms with Crippen LogP contribution in [0.1, 0.15) is 58.8 Å². The Morgan fingerprint density at radius 3 is 2.57 bits per heavy atom. The molecular weight excluding hydrogens is 260 g/mol. The fourth-order valence-electron chi connectivity index (χ4n) is 4.18. The maximum atomic E-state index is 5.19. The van der Waals surface area contributed by atoms with Gasteiger partial charge < -0.3 is 10.1 Å². The summed E-state index contributed by atoms with van der Waals surface area (Å²) in [5.74, 6) is 1.67. The lowest BCUT2D eigenvalue weighted by atomic mass is 9.82. The first-order valence-electron chi connectivity index (χ1n) is 9.18. The van der Waals surface area contributed by atoms with Gasteiger partial charge in [0.2, 0.25) is 0 Å². The Hall–Kier alpha value is -0.120. The van der Waals surface area contributed by atoms with E-state index in [1.54, 1.807) is 7.11 Å². The first-order valence-corrected chi connectivity index (χ1v) is 9.18. The molecule has 1 aliphatic carbocycles. The quantitative estimate of drug-likeness (QED) is 0.730. The molecule has 0 aromatic carbocycles. The number of unbranched alkanes of at least 4 members (excludes halogenated alkanes) is 1. The number of hydrogen-bond acceptors (Lipinski definition) is 3. The van der Waals surface area contributed by atoms with E-state index in [9.17, 15) is 0 Å². The Bertz CT molecular complexity index is 276. The van der Waals surface area contributed by atoms with Crippen LogP contribution in [0.15, 0.2) is 0 Å². The summed E-state index contributed by atoms with van der Waals surface area (Å²) in [7, 11) is 1.81. The van der Waals surface area contributed by atoms with Crippen molar-refractivity contribution < 1.29 is 4.74 Å². The highest BCUT2D eigenvalue weighted by Crippen LogP contribution is 2.29. The van der Waals surface area contributed by atoms with E-state index in [1.165, 1.54) is 64.6 Å². The molecule has 0 aromatic rings. The van der Waals surface area contributed by atoms with Gasteiger partial charge in [-0.05, 0) is 44.1 Å². The van der Waals surface area contributed by atoms with Crippen LogP contribution in [0.25, 0.3) is 0 Å². The van der Waals surface area contributed by atoms with Crippen molar-refractivity contribution in [1.29, 1.82) is 0 Å². The van der Waals surface area contributed by atoms with Crippen molar-refractivity contribution in [3.8, 4) is 0 Å². The van der Waals surface area contributed by atoms with Crippen LogP contribution >= 0.6 is 0 Å². The van der Waals surface area contributed by atoms with Crippen molar-refractivity contribution in [2.24, 2.45) is 11.8 Å².